The average molecular weight is 589 g/mol. The number of benzene rings is 4. The van der Waals surface area contributed by atoms with Crippen LogP contribution in [-0.2, 0) is 17.1 Å². The van der Waals surface area contributed by atoms with Gasteiger partial charge in [0.1, 0.15) is 11.5 Å². The largest absolute Gasteiger partial charge is 0.506 e. The van der Waals surface area contributed by atoms with Crippen LogP contribution in [0.15, 0.2) is 72.8 Å². The molecule has 4 aromatic carbocycles. The lowest BCUT2D eigenvalue weighted by Gasteiger charge is -2.19. The SMILES string of the molecule is CC(=O)Nc1ccc(-c2ccc(NC(=O)c3ccc(-c4ccc(C)cc4C(F)(F)F)c(C(F)(F)F)c3)c(O)c2)cc1O. The number of carbonyl (C=O) groups is 2. The van der Waals surface area contributed by atoms with Crippen LogP contribution in [-0.4, -0.2) is 22.0 Å². The Morgan fingerprint density at radius 1 is 0.643 bits per heavy atom. The smallest absolute Gasteiger partial charge is 0.417 e. The highest BCUT2D eigenvalue weighted by Crippen LogP contribution is 2.43. The topological polar surface area (TPSA) is 98.7 Å². The number of carbonyl (C=O) groups excluding carboxylic acids is 2. The molecule has 0 fully saturated rings. The molecule has 0 aliphatic heterocycles. The van der Waals surface area contributed by atoms with Crippen molar-refractivity contribution in [3.05, 3.63) is 95.1 Å². The van der Waals surface area contributed by atoms with Crippen molar-refractivity contribution in [3.8, 4) is 33.8 Å². The van der Waals surface area contributed by atoms with Crippen molar-refractivity contribution in [1.29, 1.82) is 0 Å². The second kappa shape index (κ2) is 11.1. The number of phenolic OH excluding ortho intramolecular Hbond substituents is 2. The lowest BCUT2D eigenvalue weighted by atomic mass is 9.92. The van der Waals surface area contributed by atoms with E-state index in [-0.39, 0.29) is 22.7 Å². The summed E-state index contributed by atoms with van der Waals surface area (Å²) < 4.78 is 83.0. The summed E-state index contributed by atoms with van der Waals surface area (Å²) in [7, 11) is 0. The molecule has 4 aromatic rings. The van der Waals surface area contributed by atoms with Crippen molar-refractivity contribution in [2.45, 2.75) is 26.2 Å². The van der Waals surface area contributed by atoms with Gasteiger partial charge in [-0.3, -0.25) is 9.59 Å². The molecule has 12 heteroatoms. The molecule has 0 bridgehead atoms. The van der Waals surface area contributed by atoms with E-state index >= 15 is 0 Å². The van der Waals surface area contributed by atoms with Crippen LogP contribution < -0.4 is 10.6 Å². The van der Waals surface area contributed by atoms with E-state index in [2.05, 4.69) is 10.6 Å². The van der Waals surface area contributed by atoms with Gasteiger partial charge >= 0.3 is 12.4 Å². The maximum absolute atomic E-state index is 14.0. The Kier molecular flexibility index (Phi) is 7.93. The zero-order chi connectivity index (χ0) is 31.0. The average Bonchev–Trinajstić information content (AvgIpc) is 2.89. The second-order valence-corrected chi connectivity index (χ2v) is 9.40. The van der Waals surface area contributed by atoms with Crippen LogP contribution in [0.2, 0.25) is 0 Å². The molecular formula is C30H22F6N2O4. The fourth-order valence-corrected chi connectivity index (χ4v) is 4.30. The number of aromatic hydroxyl groups is 2. The third kappa shape index (κ3) is 6.48. The molecule has 0 spiro atoms. The summed E-state index contributed by atoms with van der Waals surface area (Å²) in [5, 5.41) is 25.4. The standard InChI is InChI=1S/C30H22F6N2O4/c1-15-3-7-20(22(11-15)29(31,32)33)21-8-4-19(12-23(21)30(34,35)36)28(42)38-25-10-6-18(14-27(25)41)17-5-9-24(26(40)13-17)37-16(2)39/h3-14,40-41H,1-2H3,(H,37,39)(H,38,42). The molecule has 0 radical (unpaired) electrons. The fraction of sp³-hybridized carbons (Fsp3) is 0.133. The van der Waals surface area contributed by atoms with Crippen molar-refractivity contribution in [2.24, 2.45) is 0 Å². The molecule has 6 nitrogen and oxygen atoms in total. The highest BCUT2D eigenvalue weighted by Gasteiger charge is 2.39. The fourth-order valence-electron chi connectivity index (χ4n) is 4.30. The van der Waals surface area contributed by atoms with E-state index in [9.17, 15) is 46.1 Å². The zero-order valence-corrected chi connectivity index (χ0v) is 21.9. The minimum absolute atomic E-state index is 0.154. The maximum Gasteiger partial charge on any atom is 0.417 e. The molecule has 0 unspecified atom stereocenters. The first-order valence-electron chi connectivity index (χ1n) is 12.2. The van der Waals surface area contributed by atoms with Crippen LogP contribution in [0.5, 0.6) is 11.5 Å². The summed E-state index contributed by atoms with van der Waals surface area (Å²) in [4.78, 5) is 24.1. The van der Waals surface area contributed by atoms with E-state index in [1.165, 1.54) is 50.2 Å². The number of alkyl halides is 6. The van der Waals surface area contributed by atoms with E-state index in [1.807, 2.05) is 0 Å². The molecule has 4 rings (SSSR count). The molecule has 0 aliphatic rings. The van der Waals surface area contributed by atoms with Crippen molar-refractivity contribution in [2.75, 3.05) is 10.6 Å². The Labute approximate surface area is 235 Å². The van der Waals surface area contributed by atoms with E-state index in [0.29, 0.717) is 17.2 Å². The molecule has 0 atom stereocenters. The molecule has 0 aliphatic carbocycles. The minimum atomic E-state index is -5.09. The first-order valence-corrected chi connectivity index (χ1v) is 12.2. The number of nitrogens with one attached hydrogen (secondary N) is 2. The van der Waals surface area contributed by atoms with Crippen LogP contribution in [0.3, 0.4) is 0 Å². The minimum Gasteiger partial charge on any atom is -0.506 e. The third-order valence-electron chi connectivity index (χ3n) is 6.25. The van der Waals surface area contributed by atoms with Crippen molar-refractivity contribution in [3.63, 3.8) is 0 Å². The predicted molar refractivity (Wildman–Crippen MR) is 144 cm³/mol. The monoisotopic (exact) mass is 588 g/mol. The molecule has 2 amide bonds. The quantitative estimate of drug-likeness (QED) is 0.140. The number of halogens is 6. The van der Waals surface area contributed by atoms with Gasteiger partial charge in [-0.05, 0) is 71.6 Å². The highest BCUT2D eigenvalue weighted by atomic mass is 19.4. The Balaban J connectivity index is 1.64. The molecule has 0 saturated carbocycles. The molecule has 42 heavy (non-hydrogen) atoms. The lowest BCUT2D eigenvalue weighted by molar-refractivity contribution is -0.139. The van der Waals surface area contributed by atoms with Crippen LogP contribution >= 0.6 is 0 Å². The summed E-state index contributed by atoms with van der Waals surface area (Å²) in [5.41, 5.74) is -3.55. The Morgan fingerprint density at radius 2 is 1.12 bits per heavy atom. The number of phenols is 2. The van der Waals surface area contributed by atoms with E-state index in [1.54, 1.807) is 6.07 Å². The van der Waals surface area contributed by atoms with E-state index < -0.39 is 57.7 Å². The summed E-state index contributed by atoms with van der Waals surface area (Å²) in [6.07, 6.45) is -10.0. The molecule has 0 heterocycles. The van der Waals surface area contributed by atoms with Crippen LogP contribution in [0.4, 0.5) is 37.7 Å². The molecule has 4 N–H and O–H groups in total. The molecular weight excluding hydrogens is 566 g/mol. The van der Waals surface area contributed by atoms with Gasteiger partial charge in [-0.2, -0.15) is 26.3 Å². The van der Waals surface area contributed by atoms with Gasteiger partial charge < -0.3 is 20.8 Å². The van der Waals surface area contributed by atoms with Gasteiger partial charge in [0.05, 0.1) is 22.5 Å². The lowest BCUT2D eigenvalue weighted by Crippen LogP contribution is -2.16. The number of rotatable bonds is 5. The number of anilines is 2. The normalized spacial score (nSPS) is 11.7. The van der Waals surface area contributed by atoms with Gasteiger partial charge in [-0.15, -0.1) is 0 Å². The summed E-state index contributed by atoms with van der Waals surface area (Å²) >= 11 is 0. The van der Waals surface area contributed by atoms with E-state index in [4.69, 9.17) is 0 Å². The van der Waals surface area contributed by atoms with E-state index in [0.717, 1.165) is 24.3 Å². The number of hydrogen-bond donors (Lipinski definition) is 4. The van der Waals surface area contributed by atoms with Gasteiger partial charge in [0.2, 0.25) is 5.91 Å². The van der Waals surface area contributed by atoms with Gasteiger partial charge in [-0.1, -0.05) is 35.9 Å². The molecule has 0 aromatic heterocycles. The van der Waals surface area contributed by atoms with Gasteiger partial charge in [-0.25, -0.2) is 0 Å². The Bertz CT molecular complexity index is 1700. The summed E-state index contributed by atoms with van der Waals surface area (Å²) in [6, 6.07) is 13.5. The Morgan fingerprint density at radius 3 is 1.60 bits per heavy atom. The van der Waals surface area contributed by atoms with Crippen molar-refractivity contribution >= 4 is 23.2 Å². The Hall–Kier alpha value is -5.00. The number of amides is 2. The van der Waals surface area contributed by atoms with Crippen LogP contribution in [0.25, 0.3) is 22.3 Å². The zero-order valence-electron chi connectivity index (χ0n) is 21.9. The molecule has 218 valence electrons. The highest BCUT2D eigenvalue weighted by molar-refractivity contribution is 6.05. The van der Waals surface area contributed by atoms with Crippen molar-refractivity contribution < 1.29 is 46.1 Å². The van der Waals surface area contributed by atoms with Gasteiger partial charge in [0.25, 0.3) is 5.91 Å². The third-order valence-corrected chi connectivity index (χ3v) is 6.25. The van der Waals surface area contributed by atoms with Crippen LogP contribution in [0.1, 0.15) is 34.0 Å². The molecule has 0 saturated heterocycles. The predicted octanol–water partition coefficient (Wildman–Crippen LogP) is 7.99. The number of aryl methyl sites for hydroxylation is 1. The van der Waals surface area contributed by atoms with Gasteiger partial charge in [0.15, 0.2) is 0 Å². The first-order chi connectivity index (χ1) is 19.5. The van der Waals surface area contributed by atoms with Crippen LogP contribution in [0, 0.1) is 6.92 Å². The summed E-state index contributed by atoms with van der Waals surface area (Å²) in [6.45, 7) is 2.65. The second-order valence-electron chi connectivity index (χ2n) is 9.40. The van der Waals surface area contributed by atoms with Crippen molar-refractivity contribution in [1.82, 2.24) is 0 Å². The number of hydrogen-bond acceptors (Lipinski definition) is 4. The van der Waals surface area contributed by atoms with Gasteiger partial charge in [0, 0.05) is 12.5 Å². The maximum atomic E-state index is 14.0. The summed E-state index contributed by atoms with van der Waals surface area (Å²) in [5.74, 6) is -2.13. The first kappa shape index (κ1) is 30.0.